The van der Waals surface area contributed by atoms with Gasteiger partial charge in [0.25, 0.3) is 0 Å². The molecule has 0 radical (unpaired) electrons. The van der Waals surface area contributed by atoms with Crippen LogP contribution in [0.3, 0.4) is 0 Å². The second-order valence-electron chi connectivity index (χ2n) is 6.02. The molecule has 20 heavy (non-hydrogen) atoms. The fourth-order valence-electron chi connectivity index (χ4n) is 3.26. The largest absolute Gasteiger partial charge is 0.317 e. The Morgan fingerprint density at radius 2 is 1.95 bits per heavy atom. The van der Waals surface area contributed by atoms with Crippen molar-refractivity contribution in [2.75, 3.05) is 7.05 Å². The molecule has 112 valence electrons. The summed E-state index contributed by atoms with van der Waals surface area (Å²) in [4.78, 5) is 0. The molecule has 0 aliphatic heterocycles. The quantitative estimate of drug-likeness (QED) is 0.676. The van der Waals surface area contributed by atoms with Crippen molar-refractivity contribution in [2.45, 2.75) is 57.4 Å². The van der Waals surface area contributed by atoms with E-state index in [-0.39, 0.29) is 0 Å². The molecule has 1 aromatic carbocycles. The van der Waals surface area contributed by atoms with Gasteiger partial charge in [0, 0.05) is 15.5 Å². The van der Waals surface area contributed by atoms with E-state index in [1.54, 1.807) is 0 Å². The van der Waals surface area contributed by atoms with Gasteiger partial charge >= 0.3 is 0 Å². The average Bonchev–Trinajstić information content (AvgIpc) is 2.69. The monoisotopic (exact) mass is 357 g/mol. The van der Waals surface area contributed by atoms with Crippen LogP contribution in [0.4, 0.5) is 0 Å². The lowest BCUT2D eigenvalue weighted by molar-refractivity contribution is 0.361. The van der Waals surface area contributed by atoms with Crippen molar-refractivity contribution in [1.82, 2.24) is 5.32 Å². The first-order valence-corrected chi connectivity index (χ1v) is 8.97. The fourth-order valence-corrected chi connectivity index (χ4v) is 4.01. The second-order valence-corrected chi connectivity index (χ2v) is 7.34. The van der Waals surface area contributed by atoms with Crippen LogP contribution in [0, 0.1) is 5.92 Å². The first kappa shape index (κ1) is 16.3. The molecule has 2 rings (SSSR count). The first-order chi connectivity index (χ1) is 9.69. The Bertz CT molecular complexity index is 413. The maximum absolute atomic E-state index is 6.34. The number of hydrogen-bond acceptors (Lipinski definition) is 1. The minimum Gasteiger partial charge on any atom is -0.317 e. The van der Waals surface area contributed by atoms with Crippen LogP contribution in [-0.2, 0) is 6.42 Å². The lowest BCUT2D eigenvalue weighted by Crippen LogP contribution is -2.30. The van der Waals surface area contributed by atoms with E-state index in [0.29, 0.717) is 6.04 Å². The Balaban J connectivity index is 1.93. The first-order valence-electron chi connectivity index (χ1n) is 7.80. The van der Waals surface area contributed by atoms with E-state index in [1.807, 2.05) is 6.07 Å². The third-order valence-electron chi connectivity index (χ3n) is 4.48. The third-order valence-corrected chi connectivity index (χ3v) is 5.33. The number of nitrogens with one attached hydrogen (secondary N) is 1. The zero-order valence-electron chi connectivity index (χ0n) is 12.3. The smallest absolute Gasteiger partial charge is 0.0449 e. The third kappa shape index (κ3) is 5.05. The molecule has 0 bridgehead atoms. The Kier molecular flexibility index (Phi) is 6.86. The summed E-state index contributed by atoms with van der Waals surface area (Å²) in [5.74, 6) is 0.893. The van der Waals surface area contributed by atoms with E-state index in [1.165, 1.54) is 50.5 Å². The van der Waals surface area contributed by atoms with Gasteiger partial charge in [0.1, 0.15) is 0 Å². The summed E-state index contributed by atoms with van der Waals surface area (Å²) in [6.45, 7) is 0. The zero-order valence-corrected chi connectivity index (χ0v) is 14.6. The number of benzene rings is 1. The molecule has 0 aromatic heterocycles. The molecule has 0 heterocycles. The van der Waals surface area contributed by atoms with Gasteiger partial charge < -0.3 is 5.32 Å². The van der Waals surface area contributed by atoms with Crippen LogP contribution in [0.5, 0.6) is 0 Å². The molecular weight excluding hydrogens is 334 g/mol. The van der Waals surface area contributed by atoms with Gasteiger partial charge in [-0.25, -0.2) is 0 Å². The SMILES string of the molecule is CNC(Cc1ccc(Br)cc1Cl)CC1CCCCCC1. The van der Waals surface area contributed by atoms with Crippen LogP contribution < -0.4 is 5.32 Å². The Morgan fingerprint density at radius 1 is 1.25 bits per heavy atom. The maximum atomic E-state index is 6.34. The highest BCUT2D eigenvalue weighted by atomic mass is 79.9. The highest BCUT2D eigenvalue weighted by molar-refractivity contribution is 9.10. The Labute approximate surface area is 136 Å². The molecule has 1 nitrogen and oxygen atoms in total. The Hall–Kier alpha value is -0.0500. The van der Waals surface area contributed by atoms with Gasteiger partial charge in [-0.05, 0) is 43.5 Å². The highest BCUT2D eigenvalue weighted by Crippen LogP contribution is 2.28. The summed E-state index contributed by atoms with van der Waals surface area (Å²) >= 11 is 9.81. The molecule has 0 amide bonds. The topological polar surface area (TPSA) is 12.0 Å². The lowest BCUT2D eigenvalue weighted by Gasteiger charge is -2.23. The molecule has 0 spiro atoms. The van der Waals surface area contributed by atoms with E-state index >= 15 is 0 Å². The molecule has 1 saturated carbocycles. The number of halogens is 2. The van der Waals surface area contributed by atoms with Crippen molar-refractivity contribution >= 4 is 27.5 Å². The van der Waals surface area contributed by atoms with E-state index < -0.39 is 0 Å². The van der Waals surface area contributed by atoms with Gasteiger partial charge in [-0.1, -0.05) is 72.1 Å². The predicted molar refractivity (Wildman–Crippen MR) is 91.5 cm³/mol. The molecule has 1 atom stereocenters. The normalized spacial score (nSPS) is 18.8. The summed E-state index contributed by atoms with van der Waals surface area (Å²) in [5, 5.41) is 4.37. The fraction of sp³-hybridized carbons (Fsp3) is 0.647. The van der Waals surface area contributed by atoms with Crippen LogP contribution in [0.1, 0.15) is 50.5 Å². The standard InChI is InChI=1S/C17H25BrClN/c1-20-16(10-13-6-4-2-3-5-7-13)11-14-8-9-15(18)12-17(14)19/h8-9,12-13,16,20H,2-7,10-11H2,1H3. The molecule has 1 fully saturated rings. The van der Waals surface area contributed by atoms with Crippen LogP contribution in [0.2, 0.25) is 5.02 Å². The highest BCUT2D eigenvalue weighted by Gasteiger charge is 2.18. The van der Waals surface area contributed by atoms with E-state index in [4.69, 9.17) is 11.6 Å². The van der Waals surface area contributed by atoms with Crippen molar-refractivity contribution in [3.8, 4) is 0 Å². The molecule has 3 heteroatoms. The average molecular weight is 359 g/mol. The number of likely N-dealkylation sites (N-methyl/N-ethyl adjacent to an activating group) is 1. The molecule has 1 aliphatic carbocycles. The van der Waals surface area contributed by atoms with Crippen LogP contribution in [-0.4, -0.2) is 13.1 Å². The Morgan fingerprint density at radius 3 is 2.55 bits per heavy atom. The summed E-state index contributed by atoms with van der Waals surface area (Å²) in [6.07, 6.45) is 10.8. The van der Waals surface area contributed by atoms with Gasteiger partial charge in [-0.3, -0.25) is 0 Å². The summed E-state index contributed by atoms with van der Waals surface area (Å²) in [5.41, 5.74) is 1.25. The van der Waals surface area contributed by atoms with Gasteiger partial charge in [0.05, 0.1) is 0 Å². The van der Waals surface area contributed by atoms with Crippen molar-refractivity contribution in [3.63, 3.8) is 0 Å². The summed E-state index contributed by atoms with van der Waals surface area (Å²) in [7, 11) is 2.08. The van der Waals surface area contributed by atoms with Gasteiger partial charge in [0.2, 0.25) is 0 Å². The van der Waals surface area contributed by atoms with Crippen molar-refractivity contribution < 1.29 is 0 Å². The van der Waals surface area contributed by atoms with Crippen LogP contribution >= 0.6 is 27.5 Å². The van der Waals surface area contributed by atoms with Crippen molar-refractivity contribution in [2.24, 2.45) is 5.92 Å². The van der Waals surface area contributed by atoms with E-state index in [0.717, 1.165) is 21.8 Å². The minimum absolute atomic E-state index is 0.539. The van der Waals surface area contributed by atoms with Crippen molar-refractivity contribution in [1.29, 1.82) is 0 Å². The minimum atomic E-state index is 0.539. The lowest BCUT2D eigenvalue weighted by atomic mass is 9.90. The van der Waals surface area contributed by atoms with Crippen LogP contribution in [0.25, 0.3) is 0 Å². The molecule has 1 aliphatic rings. The number of rotatable bonds is 5. The second kappa shape index (κ2) is 8.41. The molecule has 1 N–H and O–H groups in total. The molecular formula is C17H25BrClN. The number of hydrogen-bond donors (Lipinski definition) is 1. The maximum Gasteiger partial charge on any atom is 0.0449 e. The van der Waals surface area contributed by atoms with Gasteiger partial charge in [-0.15, -0.1) is 0 Å². The summed E-state index contributed by atoms with van der Waals surface area (Å²) in [6, 6.07) is 6.76. The molecule has 1 unspecified atom stereocenters. The van der Waals surface area contributed by atoms with E-state index in [9.17, 15) is 0 Å². The van der Waals surface area contributed by atoms with E-state index in [2.05, 4.69) is 40.4 Å². The molecule has 1 aromatic rings. The van der Waals surface area contributed by atoms with Crippen molar-refractivity contribution in [3.05, 3.63) is 33.3 Å². The zero-order chi connectivity index (χ0) is 14.4. The predicted octanol–water partition coefficient (Wildman–Crippen LogP) is 5.59. The molecule has 0 saturated heterocycles. The summed E-state index contributed by atoms with van der Waals surface area (Å²) < 4.78 is 1.05. The van der Waals surface area contributed by atoms with Crippen LogP contribution in [0.15, 0.2) is 22.7 Å². The van der Waals surface area contributed by atoms with Gasteiger partial charge in [-0.2, -0.15) is 0 Å². The van der Waals surface area contributed by atoms with Gasteiger partial charge in [0.15, 0.2) is 0 Å².